The SMILES string of the molecule is c1ccc(Nc2cccc3cc4c(Nc5ccccc5)cccc4cc23)cc1. The molecule has 0 aromatic heterocycles. The lowest BCUT2D eigenvalue weighted by molar-refractivity contribution is 1.57. The van der Waals surface area contributed by atoms with Gasteiger partial charge in [0.1, 0.15) is 0 Å². The van der Waals surface area contributed by atoms with Crippen LogP contribution in [0, 0.1) is 0 Å². The van der Waals surface area contributed by atoms with E-state index in [1.165, 1.54) is 21.5 Å². The Morgan fingerprint density at radius 3 is 1.25 bits per heavy atom. The molecule has 0 radical (unpaired) electrons. The first-order valence-electron chi connectivity index (χ1n) is 9.46. The lowest BCUT2D eigenvalue weighted by Crippen LogP contribution is -1.93. The molecular formula is C26H20N2. The summed E-state index contributed by atoms with van der Waals surface area (Å²) in [6.07, 6.45) is 0. The summed E-state index contributed by atoms with van der Waals surface area (Å²) in [5.74, 6) is 0. The lowest BCUT2D eigenvalue weighted by Gasteiger charge is -2.14. The van der Waals surface area contributed by atoms with E-state index in [0.29, 0.717) is 0 Å². The standard InChI is InChI=1S/C26H20N2/c1-3-11-21(12-4-1)27-25-15-7-9-19-18-24-20(17-23(19)25)10-8-16-26(24)28-22-13-5-2-6-14-22/h1-18,27-28H. The zero-order valence-corrected chi connectivity index (χ0v) is 15.4. The molecule has 0 fully saturated rings. The minimum Gasteiger partial charge on any atom is -0.355 e. The average Bonchev–Trinajstić information content (AvgIpc) is 2.75. The summed E-state index contributed by atoms with van der Waals surface area (Å²) in [5.41, 5.74) is 4.42. The van der Waals surface area contributed by atoms with Crippen LogP contribution in [0.3, 0.4) is 0 Å². The van der Waals surface area contributed by atoms with Crippen LogP contribution in [-0.4, -0.2) is 0 Å². The van der Waals surface area contributed by atoms with Gasteiger partial charge in [0.25, 0.3) is 0 Å². The van der Waals surface area contributed by atoms with Crippen LogP contribution in [-0.2, 0) is 0 Å². The van der Waals surface area contributed by atoms with Crippen molar-refractivity contribution in [1.29, 1.82) is 0 Å². The van der Waals surface area contributed by atoms with E-state index in [1.54, 1.807) is 0 Å². The number of fused-ring (bicyclic) bond motifs is 2. The van der Waals surface area contributed by atoms with Crippen LogP contribution >= 0.6 is 0 Å². The first-order valence-corrected chi connectivity index (χ1v) is 9.46. The summed E-state index contributed by atoms with van der Waals surface area (Å²) in [6, 6.07) is 37.9. The normalized spacial score (nSPS) is 10.9. The van der Waals surface area contributed by atoms with E-state index >= 15 is 0 Å². The van der Waals surface area contributed by atoms with Gasteiger partial charge < -0.3 is 10.6 Å². The smallest absolute Gasteiger partial charge is 0.0464 e. The predicted molar refractivity (Wildman–Crippen MR) is 121 cm³/mol. The highest BCUT2D eigenvalue weighted by atomic mass is 14.9. The second kappa shape index (κ2) is 7.09. The minimum atomic E-state index is 1.09. The van der Waals surface area contributed by atoms with Gasteiger partial charge in [-0.25, -0.2) is 0 Å². The molecule has 5 aromatic rings. The van der Waals surface area contributed by atoms with Crippen molar-refractivity contribution in [3.63, 3.8) is 0 Å². The molecule has 0 aliphatic rings. The molecule has 5 rings (SSSR count). The van der Waals surface area contributed by atoms with Crippen molar-refractivity contribution >= 4 is 44.3 Å². The molecule has 0 bridgehead atoms. The highest BCUT2D eigenvalue weighted by molar-refractivity contribution is 6.08. The molecule has 0 saturated carbocycles. The van der Waals surface area contributed by atoms with Gasteiger partial charge in [0.2, 0.25) is 0 Å². The molecule has 0 saturated heterocycles. The number of benzene rings is 5. The number of nitrogens with one attached hydrogen (secondary N) is 2. The maximum absolute atomic E-state index is 3.55. The van der Waals surface area contributed by atoms with E-state index in [-0.39, 0.29) is 0 Å². The summed E-state index contributed by atoms with van der Waals surface area (Å²) >= 11 is 0. The molecular weight excluding hydrogens is 340 g/mol. The number of rotatable bonds is 4. The topological polar surface area (TPSA) is 24.1 Å². The van der Waals surface area contributed by atoms with Crippen molar-refractivity contribution in [3.8, 4) is 0 Å². The summed E-state index contributed by atoms with van der Waals surface area (Å²) < 4.78 is 0. The first-order chi connectivity index (χ1) is 13.9. The number of hydrogen-bond acceptors (Lipinski definition) is 2. The van der Waals surface area contributed by atoms with Gasteiger partial charge in [-0.05, 0) is 59.3 Å². The Morgan fingerprint density at radius 2 is 0.821 bits per heavy atom. The van der Waals surface area contributed by atoms with E-state index in [9.17, 15) is 0 Å². The van der Waals surface area contributed by atoms with Crippen molar-refractivity contribution < 1.29 is 0 Å². The molecule has 0 heterocycles. The Bertz CT molecular complexity index is 1140. The van der Waals surface area contributed by atoms with E-state index < -0.39 is 0 Å². The molecule has 134 valence electrons. The third kappa shape index (κ3) is 3.17. The van der Waals surface area contributed by atoms with Crippen molar-refractivity contribution in [2.75, 3.05) is 10.6 Å². The van der Waals surface area contributed by atoms with Crippen molar-refractivity contribution in [2.45, 2.75) is 0 Å². The summed E-state index contributed by atoms with van der Waals surface area (Å²) in [6.45, 7) is 0. The lowest BCUT2D eigenvalue weighted by atomic mass is 10.0. The molecule has 0 unspecified atom stereocenters. The van der Waals surface area contributed by atoms with Gasteiger partial charge in [-0.3, -0.25) is 0 Å². The summed E-state index contributed by atoms with van der Waals surface area (Å²) in [5, 5.41) is 12.0. The van der Waals surface area contributed by atoms with Crippen LogP contribution in [0.25, 0.3) is 21.5 Å². The molecule has 0 aliphatic carbocycles. The first kappa shape index (κ1) is 16.4. The van der Waals surface area contributed by atoms with Gasteiger partial charge in [0, 0.05) is 33.5 Å². The fourth-order valence-electron chi connectivity index (χ4n) is 3.62. The van der Waals surface area contributed by atoms with Gasteiger partial charge in [0.15, 0.2) is 0 Å². The number of hydrogen-bond donors (Lipinski definition) is 2. The Balaban J connectivity index is 1.61. The quantitative estimate of drug-likeness (QED) is 0.325. The van der Waals surface area contributed by atoms with Crippen LogP contribution in [0.5, 0.6) is 0 Å². The Labute approximate surface area is 164 Å². The maximum Gasteiger partial charge on any atom is 0.0464 e. The predicted octanol–water partition coefficient (Wildman–Crippen LogP) is 7.48. The third-order valence-electron chi connectivity index (χ3n) is 4.98. The third-order valence-corrected chi connectivity index (χ3v) is 4.98. The largest absolute Gasteiger partial charge is 0.355 e. The fourth-order valence-corrected chi connectivity index (χ4v) is 3.62. The van der Waals surface area contributed by atoms with Crippen molar-refractivity contribution in [3.05, 3.63) is 109 Å². The van der Waals surface area contributed by atoms with Gasteiger partial charge in [-0.15, -0.1) is 0 Å². The molecule has 0 spiro atoms. The second-order valence-corrected chi connectivity index (χ2v) is 6.89. The van der Waals surface area contributed by atoms with Gasteiger partial charge in [-0.2, -0.15) is 0 Å². The summed E-state index contributed by atoms with van der Waals surface area (Å²) in [4.78, 5) is 0. The molecule has 2 nitrogen and oxygen atoms in total. The van der Waals surface area contributed by atoms with E-state index in [1.807, 2.05) is 36.4 Å². The highest BCUT2D eigenvalue weighted by Crippen LogP contribution is 2.34. The number of anilines is 4. The highest BCUT2D eigenvalue weighted by Gasteiger charge is 2.07. The van der Waals surface area contributed by atoms with Crippen molar-refractivity contribution in [2.24, 2.45) is 0 Å². The Kier molecular flexibility index (Phi) is 4.15. The summed E-state index contributed by atoms with van der Waals surface area (Å²) in [7, 11) is 0. The maximum atomic E-state index is 3.55. The second-order valence-electron chi connectivity index (χ2n) is 6.89. The van der Waals surface area contributed by atoms with Crippen LogP contribution in [0.4, 0.5) is 22.7 Å². The van der Waals surface area contributed by atoms with Gasteiger partial charge in [0.05, 0.1) is 0 Å². The van der Waals surface area contributed by atoms with Crippen LogP contribution in [0.15, 0.2) is 109 Å². The fraction of sp³-hybridized carbons (Fsp3) is 0. The minimum absolute atomic E-state index is 1.09. The molecule has 5 aromatic carbocycles. The molecule has 0 aliphatic heterocycles. The zero-order chi connectivity index (χ0) is 18.8. The van der Waals surface area contributed by atoms with Gasteiger partial charge >= 0.3 is 0 Å². The molecule has 0 atom stereocenters. The Morgan fingerprint density at radius 1 is 0.393 bits per heavy atom. The van der Waals surface area contributed by atoms with Crippen LogP contribution in [0.2, 0.25) is 0 Å². The molecule has 28 heavy (non-hydrogen) atoms. The van der Waals surface area contributed by atoms with E-state index in [0.717, 1.165) is 22.7 Å². The molecule has 2 heteroatoms. The molecule has 2 N–H and O–H groups in total. The number of para-hydroxylation sites is 2. The molecule has 0 amide bonds. The zero-order valence-electron chi connectivity index (χ0n) is 15.4. The van der Waals surface area contributed by atoms with Gasteiger partial charge in [-0.1, -0.05) is 60.7 Å². The van der Waals surface area contributed by atoms with Crippen LogP contribution < -0.4 is 10.6 Å². The van der Waals surface area contributed by atoms with Crippen molar-refractivity contribution in [1.82, 2.24) is 0 Å². The van der Waals surface area contributed by atoms with E-state index in [4.69, 9.17) is 0 Å². The van der Waals surface area contributed by atoms with Crippen LogP contribution in [0.1, 0.15) is 0 Å². The Hall–Kier alpha value is -3.78. The monoisotopic (exact) mass is 360 g/mol. The van der Waals surface area contributed by atoms with E-state index in [2.05, 4.69) is 83.4 Å². The average molecular weight is 360 g/mol.